The minimum absolute atomic E-state index is 0.552. The number of aromatic nitrogens is 2. The second-order valence-electron chi connectivity index (χ2n) is 3.61. The van der Waals surface area contributed by atoms with Crippen LogP contribution in [0.15, 0.2) is 43.0 Å². The average Bonchev–Trinajstić information content (AvgIpc) is 2.46. The molecule has 18 heavy (non-hydrogen) atoms. The molecule has 0 radical (unpaired) electrons. The molecule has 92 valence electrons. The Balaban J connectivity index is 2.34. The molecule has 0 aliphatic carbocycles. The summed E-state index contributed by atoms with van der Waals surface area (Å²) < 4.78 is 10.2. The Morgan fingerprint density at radius 2 is 1.33 bits per heavy atom. The van der Waals surface area contributed by atoms with E-state index in [0.29, 0.717) is 11.8 Å². The van der Waals surface area contributed by atoms with Crippen molar-refractivity contribution in [1.29, 1.82) is 0 Å². The zero-order valence-corrected chi connectivity index (χ0v) is 10.4. The smallest absolute Gasteiger partial charge is 0.213 e. The lowest BCUT2D eigenvalue weighted by atomic mass is 10.1. The molecule has 2 aromatic heterocycles. The van der Waals surface area contributed by atoms with Crippen molar-refractivity contribution >= 4 is 5.57 Å². The molecule has 0 amide bonds. The highest BCUT2D eigenvalue weighted by Crippen LogP contribution is 2.21. The van der Waals surface area contributed by atoms with Gasteiger partial charge in [0.25, 0.3) is 0 Å². The van der Waals surface area contributed by atoms with Gasteiger partial charge in [0.05, 0.1) is 25.6 Å². The normalized spacial score (nSPS) is 9.89. The lowest BCUT2D eigenvalue weighted by molar-refractivity contribution is 0.397. The number of hydrogen-bond donors (Lipinski definition) is 0. The minimum atomic E-state index is 0.552. The lowest BCUT2D eigenvalue weighted by Crippen LogP contribution is -1.97. The first-order valence-corrected chi connectivity index (χ1v) is 5.46. The van der Waals surface area contributed by atoms with E-state index in [1.807, 2.05) is 24.3 Å². The van der Waals surface area contributed by atoms with E-state index < -0.39 is 0 Å². The molecule has 2 heterocycles. The molecule has 0 bridgehead atoms. The third-order valence-corrected chi connectivity index (χ3v) is 2.48. The van der Waals surface area contributed by atoms with Crippen molar-refractivity contribution in [2.45, 2.75) is 0 Å². The summed E-state index contributed by atoms with van der Waals surface area (Å²) in [5.74, 6) is 1.10. The molecule has 0 N–H and O–H groups in total. The second kappa shape index (κ2) is 5.31. The van der Waals surface area contributed by atoms with Crippen LogP contribution < -0.4 is 9.47 Å². The molecule has 0 unspecified atom stereocenters. The van der Waals surface area contributed by atoms with Crippen molar-refractivity contribution in [1.82, 2.24) is 9.97 Å². The Labute approximate surface area is 106 Å². The topological polar surface area (TPSA) is 44.2 Å². The zero-order chi connectivity index (χ0) is 13.0. The van der Waals surface area contributed by atoms with Gasteiger partial charge in [0.1, 0.15) is 0 Å². The molecule has 0 spiro atoms. The van der Waals surface area contributed by atoms with Crippen LogP contribution in [-0.2, 0) is 0 Å². The fourth-order valence-corrected chi connectivity index (χ4v) is 1.52. The number of methoxy groups -OCH3 is 2. The van der Waals surface area contributed by atoms with Crippen LogP contribution in [0.5, 0.6) is 11.8 Å². The molecular formula is C14H14N2O2. The molecule has 0 saturated carbocycles. The average molecular weight is 242 g/mol. The summed E-state index contributed by atoms with van der Waals surface area (Å²) in [7, 11) is 3.16. The molecule has 2 rings (SSSR count). The van der Waals surface area contributed by atoms with Crippen molar-refractivity contribution in [3.8, 4) is 11.8 Å². The van der Waals surface area contributed by atoms with E-state index in [1.54, 1.807) is 26.4 Å². The quantitative estimate of drug-likeness (QED) is 0.826. The maximum Gasteiger partial charge on any atom is 0.213 e. The number of hydrogen-bond acceptors (Lipinski definition) is 4. The molecule has 0 aromatic carbocycles. The predicted octanol–water partition coefficient (Wildman–Crippen LogP) is 2.56. The monoisotopic (exact) mass is 242 g/mol. The van der Waals surface area contributed by atoms with Gasteiger partial charge in [-0.05, 0) is 12.1 Å². The first kappa shape index (κ1) is 12.1. The Morgan fingerprint density at radius 1 is 0.889 bits per heavy atom. The van der Waals surface area contributed by atoms with Gasteiger partial charge < -0.3 is 9.47 Å². The third kappa shape index (κ3) is 2.48. The van der Waals surface area contributed by atoms with E-state index in [2.05, 4.69) is 16.5 Å². The van der Waals surface area contributed by atoms with Crippen molar-refractivity contribution in [2.24, 2.45) is 0 Å². The van der Waals surface area contributed by atoms with E-state index >= 15 is 0 Å². The van der Waals surface area contributed by atoms with Crippen molar-refractivity contribution in [3.63, 3.8) is 0 Å². The van der Waals surface area contributed by atoms with Gasteiger partial charge in [0, 0.05) is 17.7 Å². The van der Waals surface area contributed by atoms with Crippen molar-refractivity contribution < 1.29 is 9.47 Å². The summed E-state index contributed by atoms with van der Waals surface area (Å²) >= 11 is 0. The summed E-state index contributed by atoms with van der Waals surface area (Å²) in [4.78, 5) is 8.64. The van der Waals surface area contributed by atoms with Gasteiger partial charge in [-0.25, -0.2) is 9.97 Å². The SMILES string of the molecule is C=C(c1cccc(OC)n1)c1cccc(OC)n1. The van der Waals surface area contributed by atoms with Crippen LogP contribution in [0, 0.1) is 0 Å². The lowest BCUT2D eigenvalue weighted by Gasteiger charge is -2.07. The molecule has 0 fully saturated rings. The molecule has 4 nitrogen and oxygen atoms in total. The second-order valence-corrected chi connectivity index (χ2v) is 3.61. The molecule has 0 saturated heterocycles. The minimum Gasteiger partial charge on any atom is -0.481 e. The van der Waals surface area contributed by atoms with Crippen LogP contribution in [0.3, 0.4) is 0 Å². The molecule has 0 aliphatic rings. The van der Waals surface area contributed by atoms with Gasteiger partial charge in [0.15, 0.2) is 0 Å². The predicted molar refractivity (Wildman–Crippen MR) is 69.7 cm³/mol. The Kier molecular flexibility index (Phi) is 3.57. The Bertz CT molecular complexity index is 518. The molecule has 2 aromatic rings. The molecule has 0 atom stereocenters. The van der Waals surface area contributed by atoms with Crippen LogP contribution in [0.25, 0.3) is 5.57 Å². The van der Waals surface area contributed by atoms with E-state index in [-0.39, 0.29) is 0 Å². The third-order valence-electron chi connectivity index (χ3n) is 2.48. The molecular weight excluding hydrogens is 228 g/mol. The standard InChI is InChI=1S/C14H14N2O2/c1-10(11-6-4-8-13(15-11)17-2)12-7-5-9-14(16-12)18-3/h4-9H,1H2,2-3H3. The van der Waals surface area contributed by atoms with Gasteiger partial charge >= 0.3 is 0 Å². The summed E-state index contributed by atoms with van der Waals surface area (Å²) in [6.45, 7) is 4.01. The van der Waals surface area contributed by atoms with Gasteiger partial charge in [-0.1, -0.05) is 18.7 Å². The van der Waals surface area contributed by atoms with E-state index in [9.17, 15) is 0 Å². The van der Waals surface area contributed by atoms with E-state index in [1.165, 1.54) is 0 Å². The van der Waals surface area contributed by atoms with Crippen LogP contribution in [-0.4, -0.2) is 24.2 Å². The van der Waals surface area contributed by atoms with Crippen LogP contribution >= 0.6 is 0 Å². The van der Waals surface area contributed by atoms with Gasteiger partial charge in [-0.2, -0.15) is 0 Å². The number of ether oxygens (including phenoxy) is 2. The van der Waals surface area contributed by atoms with Crippen molar-refractivity contribution in [2.75, 3.05) is 14.2 Å². The first-order chi connectivity index (χ1) is 8.74. The molecule has 4 heteroatoms. The Hall–Kier alpha value is -2.36. The fourth-order valence-electron chi connectivity index (χ4n) is 1.52. The van der Waals surface area contributed by atoms with Crippen molar-refractivity contribution in [3.05, 3.63) is 54.4 Å². The fraction of sp³-hybridized carbons (Fsp3) is 0.143. The van der Waals surface area contributed by atoms with Crippen LogP contribution in [0.1, 0.15) is 11.4 Å². The first-order valence-electron chi connectivity index (χ1n) is 5.46. The maximum atomic E-state index is 5.09. The highest BCUT2D eigenvalue weighted by molar-refractivity contribution is 5.74. The van der Waals surface area contributed by atoms with E-state index in [0.717, 1.165) is 17.0 Å². The summed E-state index contributed by atoms with van der Waals surface area (Å²) in [5, 5.41) is 0. The number of nitrogens with zero attached hydrogens (tertiary/aromatic N) is 2. The maximum absolute atomic E-state index is 5.09. The summed E-state index contributed by atoms with van der Waals surface area (Å²) in [5.41, 5.74) is 2.19. The van der Waals surface area contributed by atoms with Crippen LogP contribution in [0.2, 0.25) is 0 Å². The highest BCUT2D eigenvalue weighted by Gasteiger charge is 2.07. The largest absolute Gasteiger partial charge is 0.481 e. The summed E-state index contributed by atoms with van der Waals surface area (Å²) in [6, 6.07) is 11.0. The highest BCUT2D eigenvalue weighted by atomic mass is 16.5. The van der Waals surface area contributed by atoms with Crippen LogP contribution in [0.4, 0.5) is 0 Å². The zero-order valence-electron chi connectivity index (χ0n) is 10.4. The Morgan fingerprint density at radius 3 is 1.72 bits per heavy atom. The number of pyridine rings is 2. The summed E-state index contributed by atoms with van der Waals surface area (Å²) in [6.07, 6.45) is 0. The van der Waals surface area contributed by atoms with Gasteiger partial charge in [-0.3, -0.25) is 0 Å². The van der Waals surface area contributed by atoms with E-state index in [4.69, 9.17) is 9.47 Å². The van der Waals surface area contributed by atoms with Gasteiger partial charge in [0.2, 0.25) is 11.8 Å². The molecule has 0 aliphatic heterocycles. The van der Waals surface area contributed by atoms with Gasteiger partial charge in [-0.15, -0.1) is 0 Å². The number of rotatable bonds is 4.